The number of phenolic OH excluding ortho intramolecular Hbond substituents is 1. The molecule has 3 N–H and O–H groups in total. The summed E-state index contributed by atoms with van der Waals surface area (Å²) >= 11 is 0. The maximum Gasteiger partial charge on any atom is 0.256 e. The number of rotatable bonds is 3. The lowest BCUT2D eigenvalue weighted by Crippen LogP contribution is -2.23. The highest BCUT2D eigenvalue weighted by Crippen LogP contribution is 2.21. The van der Waals surface area contributed by atoms with E-state index >= 15 is 0 Å². The van der Waals surface area contributed by atoms with E-state index in [4.69, 9.17) is 0 Å². The number of aromatic hydroxyl groups is 1. The molecule has 0 saturated heterocycles. The van der Waals surface area contributed by atoms with Crippen molar-refractivity contribution in [3.63, 3.8) is 0 Å². The van der Waals surface area contributed by atoms with Crippen molar-refractivity contribution in [3.8, 4) is 5.75 Å². The van der Waals surface area contributed by atoms with Crippen LogP contribution in [0.15, 0.2) is 29.1 Å². The van der Waals surface area contributed by atoms with Crippen LogP contribution in [0.2, 0.25) is 0 Å². The fraction of sp³-hybridized carbons (Fsp3) is 0.286. The van der Waals surface area contributed by atoms with Gasteiger partial charge in [0.05, 0.1) is 17.3 Å². The van der Waals surface area contributed by atoms with Crippen LogP contribution in [0.4, 0.5) is 5.69 Å². The molecule has 2 aromatic rings. The Labute approximate surface area is 111 Å². The molecule has 0 aliphatic carbocycles. The highest BCUT2D eigenvalue weighted by Gasteiger charge is 2.14. The minimum atomic E-state index is -0.196. The summed E-state index contributed by atoms with van der Waals surface area (Å²) in [6.45, 7) is 5.46. The number of aromatic nitrogens is 2. The van der Waals surface area contributed by atoms with Gasteiger partial charge >= 0.3 is 0 Å². The summed E-state index contributed by atoms with van der Waals surface area (Å²) in [5.41, 5.74) is 1.94. The predicted molar refractivity (Wildman–Crippen MR) is 74.5 cm³/mol. The van der Waals surface area contributed by atoms with Gasteiger partial charge in [-0.25, -0.2) is 4.98 Å². The first kappa shape index (κ1) is 13.1. The molecule has 19 heavy (non-hydrogen) atoms. The number of hydrogen-bond donors (Lipinski definition) is 3. The van der Waals surface area contributed by atoms with Gasteiger partial charge in [0.1, 0.15) is 11.6 Å². The summed E-state index contributed by atoms with van der Waals surface area (Å²) in [4.78, 5) is 18.9. The third kappa shape index (κ3) is 2.93. The normalized spacial score (nSPS) is 12.2. The molecule has 0 fully saturated rings. The predicted octanol–water partition coefficient (Wildman–Crippen LogP) is 2.27. The Morgan fingerprint density at radius 1 is 1.37 bits per heavy atom. The van der Waals surface area contributed by atoms with E-state index in [1.54, 1.807) is 25.1 Å². The third-order valence-corrected chi connectivity index (χ3v) is 2.93. The average Bonchev–Trinajstić information content (AvgIpc) is 2.27. The zero-order valence-electron chi connectivity index (χ0n) is 11.2. The molecule has 0 aliphatic heterocycles. The Hall–Kier alpha value is -2.30. The number of nitrogens with zero attached hydrogens (tertiary/aromatic N) is 1. The quantitative estimate of drug-likeness (QED) is 0.790. The molecule has 0 amide bonds. The van der Waals surface area contributed by atoms with Crippen LogP contribution in [0, 0.1) is 13.8 Å². The van der Waals surface area contributed by atoms with Crippen LogP contribution in [-0.2, 0) is 0 Å². The molecule has 2 rings (SSSR count). The molecule has 0 saturated carbocycles. The highest BCUT2D eigenvalue weighted by atomic mass is 16.3. The molecule has 5 heteroatoms. The molecule has 1 atom stereocenters. The molecule has 0 bridgehead atoms. The number of hydrogen-bond acceptors (Lipinski definition) is 4. The van der Waals surface area contributed by atoms with Gasteiger partial charge in [-0.3, -0.25) is 4.79 Å². The molecule has 0 radical (unpaired) electrons. The second kappa shape index (κ2) is 5.14. The largest absolute Gasteiger partial charge is 0.508 e. The van der Waals surface area contributed by atoms with Crippen LogP contribution in [0.3, 0.4) is 0 Å². The van der Waals surface area contributed by atoms with Crippen LogP contribution >= 0.6 is 0 Å². The first-order valence-corrected chi connectivity index (χ1v) is 6.10. The molecule has 0 aliphatic rings. The van der Waals surface area contributed by atoms with Gasteiger partial charge in [0.15, 0.2) is 0 Å². The topological polar surface area (TPSA) is 78.0 Å². The molecule has 1 heterocycles. The van der Waals surface area contributed by atoms with Crippen LogP contribution in [0.5, 0.6) is 5.75 Å². The summed E-state index contributed by atoms with van der Waals surface area (Å²) in [5.74, 6) is 0.792. The van der Waals surface area contributed by atoms with Crippen LogP contribution in [-0.4, -0.2) is 15.1 Å². The van der Waals surface area contributed by atoms with Gasteiger partial charge in [0, 0.05) is 11.8 Å². The lowest BCUT2D eigenvalue weighted by molar-refractivity contribution is 0.475. The fourth-order valence-electron chi connectivity index (χ4n) is 2.16. The first-order chi connectivity index (χ1) is 8.97. The van der Waals surface area contributed by atoms with Crippen LogP contribution < -0.4 is 10.9 Å². The average molecular weight is 259 g/mol. The van der Waals surface area contributed by atoms with Crippen molar-refractivity contribution in [2.75, 3.05) is 5.32 Å². The number of phenols is 1. The number of aromatic amines is 1. The van der Waals surface area contributed by atoms with Gasteiger partial charge in [0.2, 0.25) is 0 Å². The zero-order valence-corrected chi connectivity index (χ0v) is 11.2. The van der Waals surface area contributed by atoms with E-state index < -0.39 is 0 Å². The summed E-state index contributed by atoms with van der Waals surface area (Å²) in [5, 5.41) is 12.6. The molecule has 100 valence electrons. The van der Waals surface area contributed by atoms with E-state index in [-0.39, 0.29) is 17.4 Å². The Bertz CT molecular complexity index is 649. The number of H-pyrrole nitrogens is 1. The third-order valence-electron chi connectivity index (χ3n) is 2.93. The van der Waals surface area contributed by atoms with E-state index in [0.29, 0.717) is 17.1 Å². The van der Waals surface area contributed by atoms with Crippen molar-refractivity contribution in [1.82, 2.24) is 9.97 Å². The first-order valence-electron chi connectivity index (χ1n) is 6.10. The standard InChI is InChI=1S/C14H17N3O2/c1-8-13(14(19)17-10(3)15-8)9(2)16-11-5-4-6-12(18)7-11/h4-7,9,16,18H,1-3H3,(H,15,17,19). The van der Waals surface area contributed by atoms with Gasteiger partial charge in [-0.1, -0.05) is 6.07 Å². The summed E-state index contributed by atoms with van der Waals surface area (Å²) < 4.78 is 0. The SMILES string of the molecule is Cc1nc(C)c(C(C)Nc2cccc(O)c2)c(=O)[nH]1. The molecule has 0 spiro atoms. The molecule has 1 aromatic heterocycles. The Balaban J connectivity index is 2.30. The maximum absolute atomic E-state index is 12.0. The van der Waals surface area contributed by atoms with Gasteiger partial charge in [0.25, 0.3) is 5.56 Å². The highest BCUT2D eigenvalue weighted by molar-refractivity contribution is 5.49. The van der Waals surface area contributed by atoms with Crippen LogP contribution in [0.1, 0.15) is 30.0 Å². The lowest BCUT2D eigenvalue weighted by atomic mass is 10.1. The lowest BCUT2D eigenvalue weighted by Gasteiger charge is -2.16. The Morgan fingerprint density at radius 2 is 2.11 bits per heavy atom. The Kier molecular flexibility index (Phi) is 3.55. The van der Waals surface area contributed by atoms with Gasteiger partial charge in [-0.15, -0.1) is 0 Å². The van der Waals surface area contributed by atoms with Crippen molar-refractivity contribution in [3.05, 3.63) is 51.7 Å². The summed E-state index contributed by atoms with van der Waals surface area (Å²) in [6, 6.07) is 6.60. The fourth-order valence-corrected chi connectivity index (χ4v) is 2.16. The molecule has 5 nitrogen and oxygen atoms in total. The van der Waals surface area contributed by atoms with Crippen molar-refractivity contribution in [2.24, 2.45) is 0 Å². The van der Waals surface area contributed by atoms with Crippen molar-refractivity contribution < 1.29 is 5.11 Å². The van der Waals surface area contributed by atoms with Gasteiger partial charge in [-0.2, -0.15) is 0 Å². The summed E-state index contributed by atoms with van der Waals surface area (Å²) in [6.07, 6.45) is 0. The number of benzene rings is 1. The van der Waals surface area contributed by atoms with Crippen LogP contribution in [0.25, 0.3) is 0 Å². The summed E-state index contributed by atoms with van der Waals surface area (Å²) in [7, 11) is 0. The van der Waals surface area contributed by atoms with Crippen molar-refractivity contribution in [2.45, 2.75) is 26.8 Å². The maximum atomic E-state index is 12.0. The minimum absolute atomic E-state index is 0.134. The van der Waals surface area contributed by atoms with Crippen molar-refractivity contribution >= 4 is 5.69 Å². The second-order valence-electron chi connectivity index (χ2n) is 4.57. The molecule has 1 unspecified atom stereocenters. The molecular formula is C14H17N3O2. The van der Waals surface area contributed by atoms with E-state index in [9.17, 15) is 9.90 Å². The molecule has 1 aromatic carbocycles. The number of nitrogens with one attached hydrogen (secondary N) is 2. The number of anilines is 1. The Morgan fingerprint density at radius 3 is 2.74 bits per heavy atom. The zero-order chi connectivity index (χ0) is 14.0. The van der Waals surface area contributed by atoms with Gasteiger partial charge < -0.3 is 15.4 Å². The second-order valence-corrected chi connectivity index (χ2v) is 4.57. The number of aryl methyl sites for hydroxylation is 2. The van der Waals surface area contributed by atoms with E-state index in [2.05, 4.69) is 15.3 Å². The van der Waals surface area contributed by atoms with E-state index in [1.807, 2.05) is 19.9 Å². The monoisotopic (exact) mass is 259 g/mol. The van der Waals surface area contributed by atoms with Gasteiger partial charge in [-0.05, 0) is 32.9 Å². The minimum Gasteiger partial charge on any atom is -0.508 e. The van der Waals surface area contributed by atoms with E-state index in [0.717, 1.165) is 5.69 Å². The van der Waals surface area contributed by atoms with E-state index in [1.165, 1.54) is 0 Å². The molecular weight excluding hydrogens is 242 g/mol. The smallest absolute Gasteiger partial charge is 0.256 e. The van der Waals surface area contributed by atoms with Crippen molar-refractivity contribution in [1.29, 1.82) is 0 Å².